The van der Waals surface area contributed by atoms with Gasteiger partial charge in [0.05, 0.1) is 12.2 Å². The number of nitrogen functional groups attached to an aromatic ring is 1. The quantitative estimate of drug-likeness (QED) is 0.153. The van der Waals surface area contributed by atoms with Crippen molar-refractivity contribution in [3.05, 3.63) is 70.3 Å². The van der Waals surface area contributed by atoms with Crippen molar-refractivity contribution in [2.45, 2.75) is 140 Å². The van der Waals surface area contributed by atoms with Crippen LogP contribution in [0, 0.1) is 29.1 Å². The first-order valence-corrected chi connectivity index (χ1v) is 19.9. The molecule has 0 spiro atoms. The lowest BCUT2D eigenvalue weighted by molar-refractivity contribution is -0.152. The Balaban J connectivity index is 0.967. The number of ether oxygens (including phenoxy) is 3. The van der Waals surface area contributed by atoms with Gasteiger partial charge in [-0.25, -0.2) is 9.18 Å². The Labute approximate surface area is 322 Å². The molecule has 1 saturated heterocycles. The number of hydrogen-bond acceptors (Lipinski definition) is 11. The Bertz CT molecular complexity index is 1750. The second-order valence-corrected chi connectivity index (χ2v) is 16.9. The molecule has 0 amide bonds. The van der Waals surface area contributed by atoms with Crippen LogP contribution in [0.2, 0.25) is 0 Å². The molecule has 7 unspecified atom stereocenters. The van der Waals surface area contributed by atoms with Gasteiger partial charge < -0.3 is 35.3 Å². The highest BCUT2D eigenvalue weighted by Crippen LogP contribution is 2.59. The number of carbonyl (C=O) groups excluding carboxylic acids is 2. The molecule has 4 saturated carbocycles. The minimum absolute atomic E-state index is 0.0486. The normalized spacial score (nSPS) is 36.3. The first-order valence-electron chi connectivity index (χ1n) is 19.9. The van der Waals surface area contributed by atoms with Crippen LogP contribution in [0.1, 0.15) is 104 Å². The number of hydrogen-bond donors (Lipinski definition) is 4. The van der Waals surface area contributed by atoms with E-state index in [1.807, 2.05) is 6.08 Å². The number of aromatic nitrogens is 2. The Morgan fingerprint density at radius 2 is 1.91 bits per heavy atom. The van der Waals surface area contributed by atoms with Gasteiger partial charge in [-0.15, -0.1) is 0 Å². The van der Waals surface area contributed by atoms with Crippen LogP contribution in [0.25, 0.3) is 0 Å². The van der Waals surface area contributed by atoms with E-state index < -0.39 is 60.5 Å². The summed E-state index contributed by atoms with van der Waals surface area (Å²) in [6.45, 7) is 9.48. The van der Waals surface area contributed by atoms with Crippen LogP contribution in [-0.2, 0) is 23.8 Å². The van der Waals surface area contributed by atoms with E-state index in [9.17, 15) is 29.7 Å². The Morgan fingerprint density at radius 1 is 1.16 bits per heavy atom. The zero-order valence-corrected chi connectivity index (χ0v) is 32.3. The highest BCUT2D eigenvalue weighted by Gasteiger charge is 2.56. The van der Waals surface area contributed by atoms with E-state index in [0.717, 1.165) is 55.6 Å². The lowest BCUT2D eigenvalue weighted by atomic mass is 9.61. The van der Waals surface area contributed by atoms with E-state index in [1.54, 1.807) is 0 Å². The van der Waals surface area contributed by atoms with Gasteiger partial charge in [0, 0.05) is 31.9 Å². The third kappa shape index (κ3) is 9.16. The van der Waals surface area contributed by atoms with Crippen LogP contribution in [0.15, 0.2) is 64.7 Å². The van der Waals surface area contributed by atoms with Gasteiger partial charge in [-0.05, 0) is 105 Å². The van der Waals surface area contributed by atoms with Crippen molar-refractivity contribution in [2.75, 3.05) is 12.3 Å². The topological polar surface area (TPSA) is 183 Å². The molecule has 12 nitrogen and oxygen atoms in total. The fourth-order valence-corrected chi connectivity index (χ4v) is 9.52. The molecule has 302 valence electrons. The smallest absolute Gasteiger partial charge is 0.351 e. The highest BCUT2D eigenvalue weighted by molar-refractivity contribution is 5.72. The average Bonchev–Trinajstić information content (AvgIpc) is 3.88. The maximum atomic E-state index is 15.4. The summed E-state index contributed by atoms with van der Waals surface area (Å²) in [7, 11) is 0. The zero-order chi connectivity index (χ0) is 39.7. The van der Waals surface area contributed by atoms with Crippen molar-refractivity contribution < 1.29 is 43.5 Å². The second kappa shape index (κ2) is 16.8. The van der Waals surface area contributed by atoms with Crippen molar-refractivity contribution in [1.29, 1.82) is 0 Å². The molecular formula is C42H58FN3O9. The van der Waals surface area contributed by atoms with E-state index in [0.29, 0.717) is 35.7 Å². The number of carbonyl (C=O) groups is 2. The molecule has 5 N–H and O–H groups in total. The van der Waals surface area contributed by atoms with Crippen molar-refractivity contribution >= 4 is 17.8 Å². The SMILES string of the molecule is C=C1/C(=C\C=C2/CCC[C@@]3(C)C2CCC3[C@@H](C)/C=C/C(O)C2CC2)C[C@@H](OC(=O)CCCC(=O)OCC2OC(n3ccc(N)nc3=O)C(C)(F)C2O)C[C@@H]1O. The Morgan fingerprint density at radius 3 is 2.64 bits per heavy atom. The van der Waals surface area contributed by atoms with Gasteiger partial charge in [0.25, 0.3) is 0 Å². The number of alkyl halides is 1. The molecule has 6 rings (SSSR count). The Hall–Kier alpha value is -3.65. The summed E-state index contributed by atoms with van der Waals surface area (Å²) in [6.07, 6.45) is 12.1. The third-order valence-electron chi connectivity index (χ3n) is 12.9. The number of esters is 2. The zero-order valence-electron chi connectivity index (χ0n) is 32.3. The Kier molecular flexibility index (Phi) is 12.5. The number of nitrogens with two attached hydrogens (primary N) is 1. The first-order chi connectivity index (χ1) is 26.1. The summed E-state index contributed by atoms with van der Waals surface area (Å²) in [5.74, 6) is 0.633. The summed E-state index contributed by atoms with van der Waals surface area (Å²) in [6, 6.07) is 1.30. The summed E-state index contributed by atoms with van der Waals surface area (Å²) in [5, 5.41) is 31.7. The van der Waals surface area contributed by atoms with E-state index >= 15 is 4.39 Å². The molecule has 4 aliphatic carbocycles. The number of aliphatic hydroxyl groups is 3. The first kappa shape index (κ1) is 41.0. The predicted molar refractivity (Wildman–Crippen MR) is 203 cm³/mol. The van der Waals surface area contributed by atoms with E-state index in [-0.39, 0.29) is 43.0 Å². The van der Waals surface area contributed by atoms with Gasteiger partial charge in [0.15, 0.2) is 11.9 Å². The van der Waals surface area contributed by atoms with Gasteiger partial charge in [-0.3, -0.25) is 14.2 Å². The van der Waals surface area contributed by atoms with Crippen molar-refractivity contribution in [2.24, 2.45) is 29.1 Å². The molecule has 1 aromatic heterocycles. The largest absolute Gasteiger partial charge is 0.463 e. The standard InChI is InChI=1S/C42H58FN3O9/c1-24(10-17-32(47)27-12-13-27)30-15-16-31-26(7-6-19-41(30,31)3)11-14-28-21-29(22-33(48)25(28)2)54-37(50)9-5-8-36(49)53-23-34-38(51)42(4,43)39(55-34)46-20-18-35(44)45-40(46)52/h10-11,14,17-18,20,24,27,29-34,38-39,47-48,51H,2,5-9,12-13,15-16,19,21-23H2,1,3-4H3,(H2,44,45,52)/b17-10+,26-11+,28-14-/t24-,29+,30?,31?,32?,33-,34?,38?,39?,41+,42?/m0/s1. The molecule has 11 atom stereocenters. The molecule has 0 bridgehead atoms. The van der Waals surface area contributed by atoms with Crippen molar-refractivity contribution in [3.63, 3.8) is 0 Å². The van der Waals surface area contributed by atoms with Gasteiger partial charge in [0.1, 0.15) is 30.7 Å². The second-order valence-electron chi connectivity index (χ2n) is 16.9. The predicted octanol–water partition coefficient (Wildman–Crippen LogP) is 5.18. The number of nitrogens with zero attached hydrogens (tertiary/aromatic N) is 2. The fraction of sp³-hybridized carbons (Fsp3) is 0.667. The number of anilines is 1. The molecule has 13 heteroatoms. The van der Waals surface area contributed by atoms with Crippen LogP contribution < -0.4 is 11.4 Å². The van der Waals surface area contributed by atoms with Gasteiger partial charge in [-0.2, -0.15) is 4.98 Å². The number of halogens is 1. The molecule has 1 aromatic rings. The van der Waals surface area contributed by atoms with E-state index in [2.05, 4.69) is 43.6 Å². The summed E-state index contributed by atoms with van der Waals surface area (Å²) < 4.78 is 32.8. The van der Waals surface area contributed by atoms with Crippen LogP contribution in [0.5, 0.6) is 0 Å². The summed E-state index contributed by atoms with van der Waals surface area (Å²) in [4.78, 5) is 41.1. The molecule has 1 aliphatic heterocycles. The van der Waals surface area contributed by atoms with Crippen LogP contribution in [-0.4, -0.2) is 79.6 Å². The van der Waals surface area contributed by atoms with Crippen molar-refractivity contribution in [3.8, 4) is 0 Å². The average molecular weight is 768 g/mol. The van der Waals surface area contributed by atoms with E-state index in [1.165, 1.54) is 24.3 Å². The third-order valence-corrected chi connectivity index (χ3v) is 12.9. The lowest BCUT2D eigenvalue weighted by Crippen LogP contribution is -2.43. The van der Waals surface area contributed by atoms with Crippen molar-refractivity contribution in [1.82, 2.24) is 9.55 Å². The van der Waals surface area contributed by atoms with Gasteiger partial charge in [0.2, 0.25) is 0 Å². The fourth-order valence-electron chi connectivity index (χ4n) is 9.52. The number of fused-ring (bicyclic) bond motifs is 1. The number of allylic oxidation sites excluding steroid dienone is 4. The monoisotopic (exact) mass is 767 g/mol. The molecule has 5 fully saturated rings. The number of aliphatic hydroxyl groups excluding tert-OH is 3. The number of rotatable bonds is 13. The molecule has 5 aliphatic rings. The minimum Gasteiger partial charge on any atom is -0.463 e. The minimum atomic E-state index is -2.39. The molecule has 2 heterocycles. The highest BCUT2D eigenvalue weighted by atomic mass is 19.1. The van der Waals surface area contributed by atoms with E-state index in [4.69, 9.17) is 19.9 Å². The molecule has 0 radical (unpaired) electrons. The lowest BCUT2D eigenvalue weighted by Gasteiger charge is -2.44. The van der Waals surface area contributed by atoms with Gasteiger partial charge >= 0.3 is 17.6 Å². The van der Waals surface area contributed by atoms with Crippen LogP contribution in [0.4, 0.5) is 10.2 Å². The maximum Gasteiger partial charge on any atom is 0.351 e. The molecule has 55 heavy (non-hydrogen) atoms. The maximum absolute atomic E-state index is 15.4. The summed E-state index contributed by atoms with van der Waals surface area (Å²) >= 11 is 0. The van der Waals surface area contributed by atoms with Crippen LogP contribution >= 0.6 is 0 Å². The van der Waals surface area contributed by atoms with Crippen LogP contribution in [0.3, 0.4) is 0 Å². The molecule has 0 aromatic carbocycles. The van der Waals surface area contributed by atoms with Gasteiger partial charge in [-0.1, -0.05) is 50.3 Å². The molecular weight excluding hydrogens is 709 g/mol. The summed E-state index contributed by atoms with van der Waals surface area (Å²) in [5.41, 5.74) is 5.38.